The summed E-state index contributed by atoms with van der Waals surface area (Å²) >= 11 is 0. The predicted molar refractivity (Wildman–Crippen MR) is 71.2 cm³/mol. The van der Waals surface area contributed by atoms with Gasteiger partial charge in [0.2, 0.25) is 0 Å². The Morgan fingerprint density at radius 1 is 0.667 bits per heavy atom. The van der Waals surface area contributed by atoms with Crippen LogP contribution in [0.25, 0.3) is 0 Å². The maximum absolute atomic E-state index is 2.45. The second-order valence-corrected chi connectivity index (χ2v) is 5.45. The smallest absolute Gasteiger partial charge is 0.0391 e. The summed E-state index contributed by atoms with van der Waals surface area (Å²) in [4.78, 5) is 0. The standard InChI is InChI=1S/C15H32/c1-6-8-9-10-12-14(4)15(5)13(3)11-7-2/h13-15H,6-12H2,1-5H3. The van der Waals surface area contributed by atoms with E-state index in [1.54, 1.807) is 0 Å². The van der Waals surface area contributed by atoms with Crippen molar-refractivity contribution in [3.63, 3.8) is 0 Å². The van der Waals surface area contributed by atoms with Gasteiger partial charge in [-0.25, -0.2) is 0 Å². The van der Waals surface area contributed by atoms with Crippen LogP contribution in [0.5, 0.6) is 0 Å². The summed E-state index contributed by atoms with van der Waals surface area (Å²) < 4.78 is 0. The van der Waals surface area contributed by atoms with Crippen molar-refractivity contribution in [3.8, 4) is 0 Å². The Kier molecular flexibility index (Phi) is 9.24. The highest BCUT2D eigenvalue weighted by molar-refractivity contribution is 4.68. The Morgan fingerprint density at radius 2 is 1.27 bits per heavy atom. The molecular weight excluding hydrogens is 180 g/mol. The second kappa shape index (κ2) is 9.24. The number of unbranched alkanes of at least 4 members (excludes halogenated alkanes) is 3. The maximum atomic E-state index is 2.45. The van der Waals surface area contributed by atoms with Crippen LogP contribution in [0.2, 0.25) is 0 Å². The fraction of sp³-hybridized carbons (Fsp3) is 1.00. The first kappa shape index (κ1) is 15.0. The molecule has 0 heteroatoms. The van der Waals surface area contributed by atoms with E-state index in [0.717, 1.165) is 17.8 Å². The van der Waals surface area contributed by atoms with Gasteiger partial charge < -0.3 is 0 Å². The van der Waals surface area contributed by atoms with E-state index in [0.29, 0.717) is 0 Å². The van der Waals surface area contributed by atoms with Crippen molar-refractivity contribution in [2.45, 2.75) is 79.6 Å². The van der Waals surface area contributed by atoms with Crippen molar-refractivity contribution in [3.05, 3.63) is 0 Å². The van der Waals surface area contributed by atoms with Gasteiger partial charge in [-0.2, -0.15) is 0 Å². The molecule has 0 rings (SSSR count). The average molecular weight is 212 g/mol. The van der Waals surface area contributed by atoms with Crippen LogP contribution in [0.15, 0.2) is 0 Å². The van der Waals surface area contributed by atoms with Gasteiger partial charge >= 0.3 is 0 Å². The third kappa shape index (κ3) is 6.98. The molecule has 0 aromatic heterocycles. The zero-order chi connectivity index (χ0) is 11.7. The molecule has 0 aromatic carbocycles. The van der Waals surface area contributed by atoms with Crippen LogP contribution in [0.3, 0.4) is 0 Å². The normalized spacial score (nSPS) is 17.4. The van der Waals surface area contributed by atoms with E-state index in [9.17, 15) is 0 Å². The van der Waals surface area contributed by atoms with Gasteiger partial charge in [-0.1, -0.05) is 79.6 Å². The first-order chi connectivity index (χ1) is 7.13. The fourth-order valence-corrected chi connectivity index (χ4v) is 2.44. The van der Waals surface area contributed by atoms with Crippen LogP contribution in [0, 0.1) is 17.8 Å². The largest absolute Gasteiger partial charge is 0.0654 e. The molecular formula is C15H32. The molecule has 0 radical (unpaired) electrons. The minimum absolute atomic E-state index is 0.909. The van der Waals surface area contributed by atoms with Gasteiger partial charge in [-0.15, -0.1) is 0 Å². The van der Waals surface area contributed by atoms with Gasteiger partial charge in [0.05, 0.1) is 0 Å². The number of hydrogen-bond donors (Lipinski definition) is 0. The van der Waals surface area contributed by atoms with Crippen LogP contribution in [-0.4, -0.2) is 0 Å². The van der Waals surface area contributed by atoms with Crippen LogP contribution in [0.1, 0.15) is 79.6 Å². The molecule has 0 N–H and O–H groups in total. The average Bonchev–Trinajstić information content (AvgIpc) is 2.23. The first-order valence-corrected chi connectivity index (χ1v) is 7.13. The van der Waals surface area contributed by atoms with Crippen LogP contribution >= 0.6 is 0 Å². The van der Waals surface area contributed by atoms with Crippen LogP contribution in [0.4, 0.5) is 0 Å². The van der Waals surface area contributed by atoms with Gasteiger partial charge in [-0.05, 0) is 17.8 Å². The van der Waals surface area contributed by atoms with E-state index in [-0.39, 0.29) is 0 Å². The minimum atomic E-state index is 0.909. The highest BCUT2D eigenvalue weighted by atomic mass is 14.2. The zero-order valence-electron chi connectivity index (χ0n) is 11.7. The maximum Gasteiger partial charge on any atom is -0.0391 e. The third-order valence-electron chi connectivity index (χ3n) is 4.05. The van der Waals surface area contributed by atoms with E-state index >= 15 is 0 Å². The van der Waals surface area contributed by atoms with Crippen molar-refractivity contribution >= 4 is 0 Å². The molecule has 0 aromatic rings. The van der Waals surface area contributed by atoms with Gasteiger partial charge in [0.15, 0.2) is 0 Å². The summed E-state index contributed by atoms with van der Waals surface area (Å²) in [5.41, 5.74) is 0. The summed E-state index contributed by atoms with van der Waals surface area (Å²) in [6.07, 6.45) is 9.85. The highest BCUT2D eigenvalue weighted by Crippen LogP contribution is 2.27. The quantitative estimate of drug-likeness (QED) is 0.432. The minimum Gasteiger partial charge on any atom is -0.0654 e. The molecule has 0 bridgehead atoms. The highest BCUT2D eigenvalue weighted by Gasteiger charge is 2.17. The number of hydrogen-bond acceptors (Lipinski definition) is 0. The Bertz CT molecular complexity index is 128. The zero-order valence-corrected chi connectivity index (χ0v) is 11.7. The summed E-state index contributed by atoms with van der Waals surface area (Å²) in [6.45, 7) is 11.9. The van der Waals surface area contributed by atoms with Gasteiger partial charge in [0, 0.05) is 0 Å². The molecule has 0 heterocycles. The molecule has 0 saturated carbocycles. The first-order valence-electron chi connectivity index (χ1n) is 7.13. The summed E-state index contributed by atoms with van der Waals surface area (Å²) in [5.74, 6) is 2.74. The SMILES string of the molecule is CCCCCCC(C)C(C)C(C)CCC. The summed E-state index contributed by atoms with van der Waals surface area (Å²) in [6, 6.07) is 0. The van der Waals surface area contributed by atoms with Crippen molar-refractivity contribution in [2.75, 3.05) is 0 Å². The molecule has 92 valence electrons. The van der Waals surface area contributed by atoms with Gasteiger partial charge in [-0.3, -0.25) is 0 Å². The lowest BCUT2D eigenvalue weighted by atomic mass is 9.80. The van der Waals surface area contributed by atoms with Crippen LogP contribution < -0.4 is 0 Å². The molecule has 0 fully saturated rings. The lowest BCUT2D eigenvalue weighted by molar-refractivity contribution is 0.248. The van der Waals surface area contributed by atoms with E-state index in [1.807, 2.05) is 0 Å². The van der Waals surface area contributed by atoms with Crippen molar-refractivity contribution in [2.24, 2.45) is 17.8 Å². The predicted octanol–water partition coefficient (Wildman–Crippen LogP) is 5.67. The van der Waals surface area contributed by atoms with Crippen molar-refractivity contribution < 1.29 is 0 Å². The molecule has 3 unspecified atom stereocenters. The monoisotopic (exact) mass is 212 g/mol. The van der Waals surface area contributed by atoms with Crippen molar-refractivity contribution in [1.82, 2.24) is 0 Å². The Balaban J connectivity index is 3.63. The molecule has 0 aliphatic heterocycles. The lowest BCUT2D eigenvalue weighted by Crippen LogP contribution is -2.16. The van der Waals surface area contributed by atoms with E-state index in [4.69, 9.17) is 0 Å². The lowest BCUT2D eigenvalue weighted by Gasteiger charge is -2.26. The Hall–Kier alpha value is 0. The molecule has 0 nitrogen and oxygen atoms in total. The number of rotatable bonds is 9. The van der Waals surface area contributed by atoms with Gasteiger partial charge in [0.1, 0.15) is 0 Å². The van der Waals surface area contributed by atoms with Gasteiger partial charge in [0.25, 0.3) is 0 Å². The molecule has 15 heavy (non-hydrogen) atoms. The summed E-state index contributed by atoms with van der Waals surface area (Å²) in [5, 5.41) is 0. The van der Waals surface area contributed by atoms with Crippen molar-refractivity contribution in [1.29, 1.82) is 0 Å². The molecule has 0 spiro atoms. The van der Waals surface area contributed by atoms with Crippen LogP contribution in [-0.2, 0) is 0 Å². The molecule has 0 amide bonds. The topological polar surface area (TPSA) is 0 Å². The second-order valence-electron chi connectivity index (χ2n) is 5.45. The Labute approximate surface area is 97.8 Å². The Morgan fingerprint density at radius 3 is 1.80 bits per heavy atom. The van der Waals surface area contributed by atoms with E-state index < -0.39 is 0 Å². The van der Waals surface area contributed by atoms with E-state index in [1.165, 1.54) is 44.9 Å². The van der Waals surface area contributed by atoms with E-state index in [2.05, 4.69) is 34.6 Å². The molecule has 3 atom stereocenters. The molecule has 0 aliphatic carbocycles. The third-order valence-corrected chi connectivity index (χ3v) is 4.05. The molecule has 0 aliphatic rings. The molecule has 0 saturated heterocycles. The summed E-state index contributed by atoms with van der Waals surface area (Å²) in [7, 11) is 0. The fourth-order valence-electron chi connectivity index (χ4n) is 2.44.